The van der Waals surface area contributed by atoms with Crippen molar-refractivity contribution in [3.05, 3.63) is 22.4 Å². The van der Waals surface area contributed by atoms with E-state index in [4.69, 9.17) is 4.74 Å². The molecule has 5 nitrogen and oxygen atoms in total. The molecule has 0 aliphatic carbocycles. The molecule has 6 heteroatoms. The zero-order valence-corrected chi connectivity index (χ0v) is 13.7. The number of nitrogens with zero attached hydrogens (tertiary/aromatic N) is 2. The Bertz CT molecular complexity index is 499. The zero-order valence-electron chi connectivity index (χ0n) is 12.1. The molecule has 2 heterocycles. The first-order chi connectivity index (χ1) is 9.36. The first-order valence-electron chi connectivity index (χ1n) is 6.80. The van der Waals surface area contributed by atoms with Gasteiger partial charge in [0, 0.05) is 30.3 Å². The summed E-state index contributed by atoms with van der Waals surface area (Å²) in [5, 5.41) is 9.32. The van der Waals surface area contributed by atoms with Crippen molar-refractivity contribution in [3.8, 4) is 0 Å². The Balaban J connectivity index is 2.23. The van der Waals surface area contributed by atoms with E-state index in [-0.39, 0.29) is 18.6 Å². The third kappa shape index (κ3) is 3.24. The number of rotatable bonds is 3. The van der Waals surface area contributed by atoms with Crippen LogP contribution in [0, 0.1) is 0 Å². The average Bonchev–Trinajstić information content (AvgIpc) is 2.77. The van der Waals surface area contributed by atoms with E-state index in [9.17, 15) is 9.90 Å². The Kier molecular flexibility index (Phi) is 4.56. The standard InChI is InChI=1S/C14H21BrN2O3/c1-4-16-6-10(15)5-12(16)13(19)17-7-11(8-18)20-14(2,3)9-17/h5-6,11,18H,4,7-9H2,1-3H3. The van der Waals surface area contributed by atoms with Gasteiger partial charge in [-0.15, -0.1) is 0 Å². The summed E-state index contributed by atoms with van der Waals surface area (Å²) in [7, 11) is 0. The molecule has 0 bridgehead atoms. The molecule has 1 fully saturated rings. The molecule has 1 amide bonds. The number of amides is 1. The van der Waals surface area contributed by atoms with Gasteiger partial charge < -0.3 is 19.3 Å². The Morgan fingerprint density at radius 3 is 2.90 bits per heavy atom. The molecule has 2 rings (SSSR count). The summed E-state index contributed by atoms with van der Waals surface area (Å²) < 4.78 is 8.56. The number of aliphatic hydroxyl groups is 1. The van der Waals surface area contributed by atoms with Crippen LogP contribution in [0.5, 0.6) is 0 Å². The normalized spacial score (nSPS) is 22.1. The maximum absolute atomic E-state index is 12.7. The van der Waals surface area contributed by atoms with Gasteiger partial charge in [-0.3, -0.25) is 4.79 Å². The van der Waals surface area contributed by atoms with Crippen LogP contribution < -0.4 is 0 Å². The molecule has 0 aromatic carbocycles. The number of halogens is 1. The monoisotopic (exact) mass is 344 g/mol. The van der Waals surface area contributed by atoms with Crippen molar-refractivity contribution in [2.75, 3.05) is 19.7 Å². The second-order valence-electron chi connectivity index (χ2n) is 5.70. The van der Waals surface area contributed by atoms with Gasteiger partial charge in [0.05, 0.1) is 18.3 Å². The quantitative estimate of drug-likeness (QED) is 0.910. The molecule has 1 unspecified atom stereocenters. The van der Waals surface area contributed by atoms with Crippen LogP contribution in [0.3, 0.4) is 0 Å². The van der Waals surface area contributed by atoms with E-state index in [0.717, 1.165) is 11.0 Å². The molecule has 0 spiro atoms. The molecule has 112 valence electrons. The Labute approximate surface area is 127 Å². The summed E-state index contributed by atoms with van der Waals surface area (Å²) in [6.07, 6.45) is 1.58. The number of carbonyl (C=O) groups excluding carboxylic acids is 1. The molecule has 1 atom stereocenters. The number of ether oxygens (including phenoxy) is 1. The second kappa shape index (κ2) is 5.87. The molecular weight excluding hydrogens is 324 g/mol. The van der Waals surface area contributed by atoms with Crippen LogP contribution in [0.25, 0.3) is 0 Å². The van der Waals surface area contributed by atoms with Gasteiger partial charge in [-0.1, -0.05) is 0 Å². The second-order valence-corrected chi connectivity index (χ2v) is 6.61. The molecule has 1 N–H and O–H groups in total. The SMILES string of the molecule is CCn1cc(Br)cc1C(=O)N1CC(CO)OC(C)(C)C1. The van der Waals surface area contributed by atoms with Gasteiger partial charge >= 0.3 is 0 Å². The van der Waals surface area contributed by atoms with Crippen LogP contribution in [0.4, 0.5) is 0 Å². The van der Waals surface area contributed by atoms with Crippen molar-refractivity contribution in [1.29, 1.82) is 0 Å². The molecule has 1 aromatic rings. The van der Waals surface area contributed by atoms with E-state index in [1.54, 1.807) is 4.90 Å². The number of aryl methyl sites for hydroxylation is 1. The number of aromatic nitrogens is 1. The van der Waals surface area contributed by atoms with Crippen molar-refractivity contribution in [3.63, 3.8) is 0 Å². The third-order valence-corrected chi connectivity index (χ3v) is 3.83. The minimum Gasteiger partial charge on any atom is -0.394 e. The predicted octanol–water partition coefficient (Wildman–Crippen LogP) is 1.88. The number of carbonyl (C=O) groups is 1. The lowest BCUT2D eigenvalue weighted by atomic mass is 10.0. The molecular formula is C14H21BrN2O3. The molecule has 1 aliphatic heterocycles. The molecule has 1 saturated heterocycles. The lowest BCUT2D eigenvalue weighted by molar-refractivity contribution is -0.139. The summed E-state index contributed by atoms with van der Waals surface area (Å²) >= 11 is 3.41. The number of hydrogen-bond donors (Lipinski definition) is 1. The first kappa shape index (κ1) is 15.5. The zero-order chi connectivity index (χ0) is 14.9. The van der Waals surface area contributed by atoms with Crippen LogP contribution >= 0.6 is 15.9 Å². The predicted molar refractivity (Wildman–Crippen MR) is 79.7 cm³/mol. The molecule has 20 heavy (non-hydrogen) atoms. The minimum absolute atomic E-state index is 0.0209. The Hall–Kier alpha value is -0.850. The van der Waals surface area contributed by atoms with Crippen LogP contribution in [0.15, 0.2) is 16.7 Å². The van der Waals surface area contributed by atoms with E-state index < -0.39 is 5.60 Å². The van der Waals surface area contributed by atoms with Gasteiger partial charge in [-0.25, -0.2) is 0 Å². The van der Waals surface area contributed by atoms with Gasteiger partial charge in [-0.05, 0) is 42.8 Å². The van der Waals surface area contributed by atoms with E-state index in [2.05, 4.69) is 15.9 Å². The van der Waals surface area contributed by atoms with E-state index in [0.29, 0.717) is 18.8 Å². The van der Waals surface area contributed by atoms with Crippen molar-refractivity contribution in [2.45, 2.75) is 39.0 Å². The maximum atomic E-state index is 12.7. The Morgan fingerprint density at radius 1 is 1.60 bits per heavy atom. The summed E-state index contributed by atoms with van der Waals surface area (Å²) in [5.41, 5.74) is 0.219. The van der Waals surface area contributed by atoms with Crippen LogP contribution in [0.1, 0.15) is 31.3 Å². The third-order valence-electron chi connectivity index (χ3n) is 3.40. The summed E-state index contributed by atoms with van der Waals surface area (Å²) in [6, 6.07) is 1.84. The topological polar surface area (TPSA) is 54.7 Å². The fourth-order valence-corrected chi connectivity index (χ4v) is 3.09. The van der Waals surface area contributed by atoms with Crippen molar-refractivity contribution in [1.82, 2.24) is 9.47 Å². The lowest BCUT2D eigenvalue weighted by Crippen LogP contribution is -2.55. The van der Waals surface area contributed by atoms with Crippen LogP contribution in [0.2, 0.25) is 0 Å². The van der Waals surface area contributed by atoms with E-state index >= 15 is 0 Å². The maximum Gasteiger partial charge on any atom is 0.270 e. The number of aliphatic hydroxyl groups excluding tert-OH is 1. The number of hydrogen-bond acceptors (Lipinski definition) is 3. The van der Waals surface area contributed by atoms with Crippen LogP contribution in [-0.2, 0) is 11.3 Å². The fraction of sp³-hybridized carbons (Fsp3) is 0.643. The van der Waals surface area contributed by atoms with Crippen molar-refractivity contribution < 1.29 is 14.6 Å². The molecule has 0 saturated carbocycles. The van der Waals surface area contributed by atoms with Crippen molar-refractivity contribution in [2.24, 2.45) is 0 Å². The first-order valence-corrected chi connectivity index (χ1v) is 7.59. The van der Waals surface area contributed by atoms with Gasteiger partial charge in [-0.2, -0.15) is 0 Å². The van der Waals surface area contributed by atoms with Crippen molar-refractivity contribution >= 4 is 21.8 Å². The van der Waals surface area contributed by atoms with E-state index in [1.165, 1.54) is 0 Å². The average molecular weight is 345 g/mol. The van der Waals surface area contributed by atoms with Gasteiger partial charge in [0.25, 0.3) is 5.91 Å². The van der Waals surface area contributed by atoms with Crippen LogP contribution in [-0.4, -0.2) is 51.9 Å². The van der Waals surface area contributed by atoms with Gasteiger partial charge in [0.2, 0.25) is 0 Å². The highest BCUT2D eigenvalue weighted by atomic mass is 79.9. The molecule has 0 radical (unpaired) electrons. The molecule has 1 aliphatic rings. The highest BCUT2D eigenvalue weighted by Crippen LogP contribution is 2.24. The minimum atomic E-state index is -0.442. The summed E-state index contributed by atoms with van der Waals surface area (Å²) in [5.74, 6) is -0.0209. The highest BCUT2D eigenvalue weighted by Gasteiger charge is 2.36. The lowest BCUT2D eigenvalue weighted by Gasteiger charge is -2.42. The van der Waals surface area contributed by atoms with E-state index in [1.807, 2.05) is 37.6 Å². The summed E-state index contributed by atoms with van der Waals surface area (Å²) in [6.45, 7) is 7.48. The smallest absolute Gasteiger partial charge is 0.270 e. The Morgan fingerprint density at radius 2 is 2.30 bits per heavy atom. The number of morpholine rings is 1. The largest absolute Gasteiger partial charge is 0.394 e. The van der Waals surface area contributed by atoms with Gasteiger partial charge in [0.15, 0.2) is 0 Å². The molecule has 1 aromatic heterocycles. The van der Waals surface area contributed by atoms with Gasteiger partial charge in [0.1, 0.15) is 5.69 Å². The summed E-state index contributed by atoms with van der Waals surface area (Å²) in [4.78, 5) is 14.5. The fourth-order valence-electron chi connectivity index (χ4n) is 2.62. The highest BCUT2D eigenvalue weighted by molar-refractivity contribution is 9.10.